The molecule has 0 bridgehead atoms. The lowest BCUT2D eigenvalue weighted by molar-refractivity contribution is -0.132. The average Bonchev–Trinajstić information content (AvgIpc) is 2.73. The van der Waals surface area contributed by atoms with E-state index in [9.17, 15) is 9.59 Å². The van der Waals surface area contributed by atoms with Crippen LogP contribution < -0.4 is 9.64 Å². The molecule has 0 N–H and O–H groups in total. The fourth-order valence-electron chi connectivity index (χ4n) is 3.45. The molecule has 6 heteroatoms. The number of piperazine rings is 1. The topological polar surface area (TPSA) is 53.1 Å². The average molecular weight is 381 g/mol. The summed E-state index contributed by atoms with van der Waals surface area (Å²) in [5.74, 6) is 0.360. The van der Waals surface area contributed by atoms with E-state index in [0.717, 1.165) is 19.6 Å². The van der Waals surface area contributed by atoms with Gasteiger partial charge in [-0.1, -0.05) is 42.5 Å². The van der Waals surface area contributed by atoms with Gasteiger partial charge in [0.15, 0.2) is 0 Å². The summed E-state index contributed by atoms with van der Waals surface area (Å²) in [6, 6.07) is 17.6. The van der Waals surface area contributed by atoms with E-state index in [1.807, 2.05) is 35.2 Å². The van der Waals surface area contributed by atoms with Crippen molar-refractivity contribution in [1.82, 2.24) is 9.80 Å². The fourth-order valence-corrected chi connectivity index (χ4v) is 3.45. The van der Waals surface area contributed by atoms with Crippen LogP contribution in [-0.2, 0) is 16.1 Å². The Hall–Kier alpha value is -2.86. The molecule has 2 aromatic carbocycles. The van der Waals surface area contributed by atoms with Gasteiger partial charge in [-0.05, 0) is 17.7 Å². The number of hydrogen-bond acceptors (Lipinski definition) is 4. The first-order valence-electron chi connectivity index (χ1n) is 9.53. The van der Waals surface area contributed by atoms with E-state index in [0.29, 0.717) is 24.5 Å². The van der Waals surface area contributed by atoms with Gasteiger partial charge in [-0.2, -0.15) is 0 Å². The Morgan fingerprint density at radius 2 is 1.61 bits per heavy atom. The van der Waals surface area contributed by atoms with Gasteiger partial charge in [0, 0.05) is 39.6 Å². The van der Waals surface area contributed by atoms with Crippen LogP contribution in [0.5, 0.6) is 5.75 Å². The number of nitrogens with zero attached hydrogens (tertiary/aromatic N) is 3. The highest BCUT2D eigenvalue weighted by molar-refractivity contribution is 5.98. The van der Waals surface area contributed by atoms with Gasteiger partial charge in [0.25, 0.3) is 0 Å². The Labute approximate surface area is 166 Å². The molecule has 1 saturated heterocycles. The van der Waals surface area contributed by atoms with Crippen molar-refractivity contribution < 1.29 is 14.3 Å². The summed E-state index contributed by atoms with van der Waals surface area (Å²) >= 11 is 0. The van der Waals surface area contributed by atoms with Gasteiger partial charge in [-0.15, -0.1) is 0 Å². The number of rotatable bonds is 6. The second kappa shape index (κ2) is 9.37. The normalized spacial score (nSPS) is 14.6. The molecular weight excluding hydrogens is 354 g/mol. The lowest BCUT2D eigenvalue weighted by atomic mass is 10.2. The van der Waals surface area contributed by atoms with Crippen molar-refractivity contribution in [3.63, 3.8) is 0 Å². The summed E-state index contributed by atoms with van der Waals surface area (Å²) in [7, 11) is 1.56. The maximum Gasteiger partial charge on any atom is 0.242 e. The standard InChI is InChI=1S/C22H27N3O3/c1-18(26)25(20-10-6-7-11-21(20)28-2)17-22(27)24-14-12-23(13-15-24)16-19-8-4-3-5-9-19/h3-11H,12-17H2,1-2H3. The highest BCUT2D eigenvalue weighted by atomic mass is 16.5. The number of para-hydroxylation sites is 2. The van der Waals surface area contributed by atoms with E-state index in [-0.39, 0.29) is 18.4 Å². The van der Waals surface area contributed by atoms with Crippen LogP contribution in [0.3, 0.4) is 0 Å². The lowest BCUT2D eigenvalue weighted by Gasteiger charge is -2.36. The SMILES string of the molecule is COc1ccccc1N(CC(=O)N1CCN(Cc2ccccc2)CC1)C(C)=O. The highest BCUT2D eigenvalue weighted by Gasteiger charge is 2.25. The van der Waals surface area contributed by atoms with Crippen molar-refractivity contribution in [2.45, 2.75) is 13.5 Å². The second-order valence-electron chi connectivity index (χ2n) is 6.92. The monoisotopic (exact) mass is 381 g/mol. The third-order valence-corrected chi connectivity index (χ3v) is 5.02. The van der Waals surface area contributed by atoms with Gasteiger partial charge in [-0.3, -0.25) is 19.4 Å². The van der Waals surface area contributed by atoms with E-state index in [1.54, 1.807) is 19.2 Å². The molecule has 1 aliphatic heterocycles. The molecule has 1 heterocycles. The van der Waals surface area contributed by atoms with Crippen LogP contribution in [0.1, 0.15) is 12.5 Å². The summed E-state index contributed by atoms with van der Waals surface area (Å²) in [5, 5.41) is 0. The van der Waals surface area contributed by atoms with Gasteiger partial charge in [0.2, 0.25) is 11.8 Å². The quantitative estimate of drug-likeness (QED) is 0.771. The van der Waals surface area contributed by atoms with E-state index in [4.69, 9.17) is 4.74 Å². The Morgan fingerprint density at radius 3 is 2.25 bits per heavy atom. The molecule has 1 fully saturated rings. The minimum absolute atomic E-state index is 0.0222. The minimum Gasteiger partial charge on any atom is -0.495 e. The number of hydrogen-bond donors (Lipinski definition) is 0. The predicted octanol–water partition coefficient (Wildman–Crippen LogP) is 2.39. The summed E-state index contributed by atoms with van der Waals surface area (Å²) in [6.45, 7) is 5.38. The molecular formula is C22H27N3O3. The second-order valence-corrected chi connectivity index (χ2v) is 6.92. The van der Waals surface area contributed by atoms with Crippen LogP contribution >= 0.6 is 0 Å². The van der Waals surface area contributed by atoms with Crippen molar-refractivity contribution in [2.24, 2.45) is 0 Å². The summed E-state index contributed by atoms with van der Waals surface area (Å²) in [5.41, 5.74) is 1.90. The number of amides is 2. The Kier molecular flexibility index (Phi) is 6.66. The largest absolute Gasteiger partial charge is 0.495 e. The number of benzene rings is 2. The maximum atomic E-state index is 12.8. The van der Waals surface area contributed by atoms with Gasteiger partial charge >= 0.3 is 0 Å². The maximum absolute atomic E-state index is 12.8. The van der Waals surface area contributed by atoms with E-state index in [1.165, 1.54) is 17.4 Å². The van der Waals surface area contributed by atoms with Crippen LogP contribution in [0.15, 0.2) is 54.6 Å². The molecule has 1 aliphatic rings. The first kappa shape index (κ1) is 19.9. The van der Waals surface area contributed by atoms with E-state index in [2.05, 4.69) is 17.0 Å². The molecule has 0 unspecified atom stereocenters. The van der Waals surface area contributed by atoms with E-state index < -0.39 is 0 Å². The number of carbonyl (C=O) groups excluding carboxylic acids is 2. The molecule has 0 spiro atoms. The van der Waals surface area contributed by atoms with Crippen LogP contribution in [0.2, 0.25) is 0 Å². The molecule has 2 aromatic rings. The number of ether oxygens (including phenoxy) is 1. The number of anilines is 1. The van der Waals surface area contributed by atoms with Crippen molar-refractivity contribution in [3.05, 3.63) is 60.2 Å². The molecule has 0 aliphatic carbocycles. The van der Waals surface area contributed by atoms with Crippen LogP contribution in [0, 0.1) is 0 Å². The van der Waals surface area contributed by atoms with Crippen molar-refractivity contribution in [2.75, 3.05) is 44.7 Å². The van der Waals surface area contributed by atoms with Crippen molar-refractivity contribution >= 4 is 17.5 Å². The number of methoxy groups -OCH3 is 1. The van der Waals surface area contributed by atoms with Crippen molar-refractivity contribution in [3.8, 4) is 5.75 Å². The first-order valence-corrected chi connectivity index (χ1v) is 9.53. The predicted molar refractivity (Wildman–Crippen MR) is 109 cm³/mol. The molecule has 0 radical (unpaired) electrons. The lowest BCUT2D eigenvalue weighted by Crippen LogP contribution is -2.51. The molecule has 0 saturated carbocycles. The van der Waals surface area contributed by atoms with Gasteiger partial charge in [0.05, 0.1) is 12.8 Å². The zero-order valence-corrected chi connectivity index (χ0v) is 16.5. The van der Waals surface area contributed by atoms with Gasteiger partial charge in [-0.25, -0.2) is 0 Å². The van der Waals surface area contributed by atoms with Crippen LogP contribution in [0.25, 0.3) is 0 Å². The van der Waals surface area contributed by atoms with E-state index >= 15 is 0 Å². The third kappa shape index (κ3) is 4.89. The molecule has 0 atom stereocenters. The molecule has 3 rings (SSSR count). The summed E-state index contributed by atoms with van der Waals surface area (Å²) in [6.07, 6.45) is 0. The molecule has 2 amide bonds. The summed E-state index contributed by atoms with van der Waals surface area (Å²) in [4.78, 5) is 30.7. The van der Waals surface area contributed by atoms with Crippen LogP contribution in [0.4, 0.5) is 5.69 Å². The third-order valence-electron chi connectivity index (χ3n) is 5.02. The van der Waals surface area contributed by atoms with Crippen molar-refractivity contribution in [1.29, 1.82) is 0 Å². The zero-order valence-electron chi connectivity index (χ0n) is 16.5. The minimum atomic E-state index is -0.180. The highest BCUT2D eigenvalue weighted by Crippen LogP contribution is 2.27. The molecule has 28 heavy (non-hydrogen) atoms. The number of carbonyl (C=O) groups is 2. The Morgan fingerprint density at radius 1 is 0.964 bits per heavy atom. The molecule has 148 valence electrons. The van der Waals surface area contributed by atoms with Gasteiger partial charge in [0.1, 0.15) is 12.3 Å². The smallest absolute Gasteiger partial charge is 0.242 e. The molecule has 6 nitrogen and oxygen atoms in total. The Balaban J connectivity index is 1.59. The van der Waals surface area contributed by atoms with Gasteiger partial charge < -0.3 is 9.64 Å². The summed E-state index contributed by atoms with van der Waals surface area (Å²) < 4.78 is 5.35. The fraction of sp³-hybridized carbons (Fsp3) is 0.364. The van der Waals surface area contributed by atoms with Crippen LogP contribution in [-0.4, -0.2) is 61.4 Å². The molecule has 0 aromatic heterocycles. The Bertz CT molecular complexity index is 802. The zero-order chi connectivity index (χ0) is 19.9. The first-order chi connectivity index (χ1) is 13.6.